The molecule has 0 aliphatic heterocycles. The predicted molar refractivity (Wildman–Crippen MR) is 114 cm³/mol. The number of nitrogens with two attached hydrogens (primary N) is 1. The maximum atomic E-state index is 10.6. The van der Waals surface area contributed by atoms with Crippen LogP contribution in [0.3, 0.4) is 0 Å². The van der Waals surface area contributed by atoms with E-state index in [9.17, 15) is 4.79 Å². The third-order valence-corrected chi connectivity index (χ3v) is 4.94. The largest absolute Gasteiger partial charge is 0.450 e. The molecule has 2 N–H and O–H groups in total. The molecule has 3 nitrogen and oxygen atoms in total. The van der Waals surface area contributed by atoms with Gasteiger partial charge in [-0.1, -0.05) is 80.4 Å². The third kappa shape index (κ3) is 6.30. The number of halogens is 2. The van der Waals surface area contributed by atoms with Crippen molar-refractivity contribution in [2.75, 3.05) is 6.61 Å². The second kappa shape index (κ2) is 9.29. The Morgan fingerprint density at radius 3 is 2.22 bits per heavy atom. The van der Waals surface area contributed by atoms with Crippen molar-refractivity contribution in [1.82, 2.24) is 0 Å². The van der Waals surface area contributed by atoms with Crippen molar-refractivity contribution in [2.24, 2.45) is 11.1 Å². The van der Waals surface area contributed by atoms with Gasteiger partial charge in [0, 0.05) is 0 Å². The van der Waals surface area contributed by atoms with Gasteiger partial charge in [0.15, 0.2) is 0 Å². The lowest BCUT2D eigenvalue weighted by Crippen LogP contribution is -2.13. The number of hydrogen-bond donors (Lipinski definition) is 1. The van der Waals surface area contributed by atoms with Crippen molar-refractivity contribution in [3.63, 3.8) is 0 Å². The summed E-state index contributed by atoms with van der Waals surface area (Å²) in [5.74, 6) is 0. The quantitative estimate of drug-likeness (QED) is 0.527. The molecule has 0 saturated carbocycles. The van der Waals surface area contributed by atoms with Gasteiger partial charge in [-0.2, -0.15) is 0 Å². The molecule has 0 saturated heterocycles. The van der Waals surface area contributed by atoms with Gasteiger partial charge in [0.1, 0.15) is 0 Å². The van der Waals surface area contributed by atoms with E-state index in [1.54, 1.807) is 0 Å². The fraction of sp³-hybridized carbons (Fsp3) is 0.318. The van der Waals surface area contributed by atoms with Crippen LogP contribution in [-0.4, -0.2) is 12.7 Å². The molecule has 0 spiro atoms. The summed E-state index contributed by atoms with van der Waals surface area (Å²) < 4.78 is 4.79. The van der Waals surface area contributed by atoms with Crippen LogP contribution in [0.2, 0.25) is 10.0 Å². The molecule has 2 aromatic rings. The first-order valence-corrected chi connectivity index (χ1v) is 9.63. The minimum Gasteiger partial charge on any atom is -0.450 e. The number of carbonyl (C=O) groups is 1. The highest BCUT2D eigenvalue weighted by Gasteiger charge is 2.18. The lowest BCUT2D eigenvalue weighted by Gasteiger charge is -2.24. The van der Waals surface area contributed by atoms with Gasteiger partial charge in [-0.25, -0.2) is 4.79 Å². The van der Waals surface area contributed by atoms with E-state index >= 15 is 0 Å². The molecule has 0 radical (unpaired) electrons. The Balaban J connectivity index is 2.19. The standard InChI is InChI=1S/C22H25Cl2NO2/c1-22(2,3)18(6-4-5-13-27-21(25)26)16-9-7-15(8-10-16)17-11-12-19(23)20(24)14-17/h6-12,14H,4-5,13H2,1-3H3,(H2,25,26). The van der Waals surface area contributed by atoms with Crippen molar-refractivity contribution in [3.8, 4) is 11.1 Å². The third-order valence-electron chi connectivity index (χ3n) is 4.20. The van der Waals surface area contributed by atoms with E-state index in [1.807, 2.05) is 18.2 Å². The van der Waals surface area contributed by atoms with Crippen LogP contribution in [0.4, 0.5) is 4.79 Å². The van der Waals surface area contributed by atoms with Crippen LogP contribution in [0.5, 0.6) is 0 Å². The van der Waals surface area contributed by atoms with Gasteiger partial charge in [0.25, 0.3) is 0 Å². The minimum absolute atomic E-state index is 0.00432. The number of allylic oxidation sites excluding steroid dienone is 2. The van der Waals surface area contributed by atoms with Crippen LogP contribution in [0.15, 0.2) is 48.5 Å². The summed E-state index contributed by atoms with van der Waals surface area (Å²) in [7, 11) is 0. The lowest BCUT2D eigenvalue weighted by molar-refractivity contribution is 0.155. The van der Waals surface area contributed by atoms with Crippen LogP contribution in [0.25, 0.3) is 16.7 Å². The van der Waals surface area contributed by atoms with Gasteiger partial charge < -0.3 is 10.5 Å². The average molecular weight is 406 g/mol. The first kappa shape index (κ1) is 21.3. The van der Waals surface area contributed by atoms with Gasteiger partial charge >= 0.3 is 6.09 Å². The number of ether oxygens (including phenoxy) is 1. The summed E-state index contributed by atoms with van der Waals surface area (Å²) in [5, 5.41) is 1.10. The van der Waals surface area contributed by atoms with Crippen LogP contribution in [0.1, 0.15) is 39.2 Å². The fourth-order valence-corrected chi connectivity index (χ4v) is 3.18. The fourth-order valence-electron chi connectivity index (χ4n) is 2.88. The van der Waals surface area contributed by atoms with Crippen molar-refractivity contribution in [1.29, 1.82) is 0 Å². The van der Waals surface area contributed by atoms with Crippen LogP contribution < -0.4 is 5.73 Å². The number of rotatable bonds is 6. The Bertz CT molecular complexity index is 821. The first-order chi connectivity index (χ1) is 12.7. The van der Waals surface area contributed by atoms with E-state index in [2.05, 4.69) is 51.1 Å². The average Bonchev–Trinajstić information content (AvgIpc) is 2.59. The van der Waals surface area contributed by atoms with Crippen molar-refractivity contribution in [3.05, 3.63) is 64.1 Å². The monoisotopic (exact) mass is 405 g/mol. The second-order valence-electron chi connectivity index (χ2n) is 7.38. The van der Waals surface area contributed by atoms with Gasteiger partial charge in [-0.15, -0.1) is 0 Å². The van der Waals surface area contributed by atoms with Crippen molar-refractivity contribution < 1.29 is 9.53 Å². The summed E-state index contributed by atoms with van der Waals surface area (Å²) in [5.41, 5.74) is 9.51. The molecule has 1 amide bonds. The zero-order valence-electron chi connectivity index (χ0n) is 15.9. The summed E-state index contributed by atoms with van der Waals surface area (Å²) >= 11 is 12.1. The number of unbranched alkanes of at least 4 members (excludes halogenated alkanes) is 1. The summed E-state index contributed by atoms with van der Waals surface area (Å²) in [6.45, 7) is 6.89. The van der Waals surface area contributed by atoms with E-state index in [1.165, 1.54) is 11.1 Å². The number of hydrogen-bond acceptors (Lipinski definition) is 2. The van der Waals surface area contributed by atoms with Gasteiger partial charge in [0.05, 0.1) is 16.7 Å². The molecule has 5 heteroatoms. The molecular weight excluding hydrogens is 381 g/mol. The van der Waals surface area contributed by atoms with Gasteiger partial charge in [0.2, 0.25) is 0 Å². The van der Waals surface area contributed by atoms with Crippen LogP contribution in [-0.2, 0) is 4.74 Å². The Morgan fingerprint density at radius 1 is 1.04 bits per heavy atom. The summed E-state index contributed by atoms with van der Waals surface area (Å²) in [4.78, 5) is 10.6. The smallest absolute Gasteiger partial charge is 0.404 e. The van der Waals surface area contributed by atoms with Crippen LogP contribution >= 0.6 is 23.2 Å². The van der Waals surface area contributed by atoms with E-state index in [0.29, 0.717) is 16.7 Å². The number of benzene rings is 2. The molecule has 0 unspecified atom stereocenters. The molecule has 0 heterocycles. The number of primary amides is 1. The number of carbonyl (C=O) groups excluding carboxylic acids is 1. The summed E-state index contributed by atoms with van der Waals surface area (Å²) in [6.07, 6.45) is 3.03. The van der Waals surface area contributed by atoms with E-state index in [-0.39, 0.29) is 5.41 Å². The topological polar surface area (TPSA) is 52.3 Å². The summed E-state index contributed by atoms with van der Waals surface area (Å²) in [6, 6.07) is 14.1. The lowest BCUT2D eigenvalue weighted by atomic mass is 9.81. The molecule has 0 aliphatic rings. The van der Waals surface area contributed by atoms with E-state index in [0.717, 1.165) is 24.0 Å². The molecule has 0 aliphatic carbocycles. The molecule has 27 heavy (non-hydrogen) atoms. The maximum absolute atomic E-state index is 10.6. The Kier molecular flexibility index (Phi) is 7.34. The van der Waals surface area contributed by atoms with E-state index in [4.69, 9.17) is 33.7 Å². The Hall–Kier alpha value is -1.97. The molecule has 0 fully saturated rings. The number of amides is 1. The van der Waals surface area contributed by atoms with E-state index < -0.39 is 6.09 Å². The highest BCUT2D eigenvalue weighted by Crippen LogP contribution is 2.36. The molecule has 0 bridgehead atoms. The second-order valence-corrected chi connectivity index (χ2v) is 8.20. The minimum atomic E-state index is -0.729. The normalized spacial score (nSPS) is 12.1. The highest BCUT2D eigenvalue weighted by molar-refractivity contribution is 6.42. The molecular formula is C22H25Cl2NO2. The van der Waals surface area contributed by atoms with Gasteiger partial charge in [-0.05, 0) is 52.7 Å². The van der Waals surface area contributed by atoms with Crippen LogP contribution in [0, 0.1) is 5.41 Å². The molecule has 2 aromatic carbocycles. The van der Waals surface area contributed by atoms with Crippen molar-refractivity contribution >= 4 is 34.9 Å². The zero-order chi connectivity index (χ0) is 20.0. The highest BCUT2D eigenvalue weighted by atomic mass is 35.5. The van der Waals surface area contributed by atoms with Gasteiger partial charge in [-0.3, -0.25) is 0 Å². The molecule has 2 rings (SSSR count). The molecule has 0 atom stereocenters. The maximum Gasteiger partial charge on any atom is 0.404 e. The molecule has 144 valence electrons. The predicted octanol–water partition coefficient (Wildman–Crippen LogP) is 6.97. The van der Waals surface area contributed by atoms with Crippen molar-refractivity contribution in [2.45, 2.75) is 33.6 Å². The Morgan fingerprint density at radius 2 is 1.67 bits per heavy atom. The Labute approximate surface area is 171 Å². The first-order valence-electron chi connectivity index (χ1n) is 8.87. The zero-order valence-corrected chi connectivity index (χ0v) is 17.4. The molecule has 0 aromatic heterocycles. The SMILES string of the molecule is CC(C)(C)C(=CCCCOC(N)=O)c1ccc(-c2ccc(Cl)c(Cl)c2)cc1.